The first kappa shape index (κ1) is 35.0. The lowest BCUT2D eigenvalue weighted by atomic mass is 10.1. The summed E-state index contributed by atoms with van der Waals surface area (Å²) in [6, 6.07) is 13.5. The van der Waals surface area contributed by atoms with Crippen molar-refractivity contribution in [3.8, 4) is 5.75 Å². The van der Waals surface area contributed by atoms with Crippen LogP contribution in [0.1, 0.15) is 50.2 Å². The number of nitrogens with zero attached hydrogens (tertiary/aromatic N) is 3. The SMILES string of the molecule is CC[C@@H](C(=O)NC1CCCC1)N(Cc1ccc(Cl)c(Cl)c1)C(=O)CN(c1ccc(OC)cc1)S(=O)(=O)c1ccc(C)c([N+](=O)[O-])c1. The Labute approximate surface area is 278 Å². The molecule has 0 saturated heterocycles. The first-order valence-corrected chi connectivity index (χ1v) is 17.0. The minimum atomic E-state index is -4.53. The van der Waals surface area contributed by atoms with Crippen LogP contribution in [-0.4, -0.2) is 55.8 Å². The maximum Gasteiger partial charge on any atom is 0.273 e. The summed E-state index contributed by atoms with van der Waals surface area (Å²) in [6.07, 6.45) is 3.94. The Kier molecular flexibility index (Phi) is 11.5. The first-order valence-electron chi connectivity index (χ1n) is 14.8. The quantitative estimate of drug-likeness (QED) is 0.164. The van der Waals surface area contributed by atoms with Gasteiger partial charge in [-0.15, -0.1) is 0 Å². The van der Waals surface area contributed by atoms with Gasteiger partial charge in [0.1, 0.15) is 18.3 Å². The molecule has 11 nitrogen and oxygen atoms in total. The number of ether oxygens (including phenoxy) is 1. The van der Waals surface area contributed by atoms with Gasteiger partial charge in [0.2, 0.25) is 11.8 Å². The molecular weight excluding hydrogens is 655 g/mol. The summed E-state index contributed by atoms with van der Waals surface area (Å²) in [4.78, 5) is 39.9. The summed E-state index contributed by atoms with van der Waals surface area (Å²) < 4.78 is 34.4. The van der Waals surface area contributed by atoms with Gasteiger partial charge in [0.25, 0.3) is 15.7 Å². The van der Waals surface area contributed by atoms with Gasteiger partial charge >= 0.3 is 0 Å². The summed E-state index contributed by atoms with van der Waals surface area (Å²) in [7, 11) is -3.07. The highest BCUT2D eigenvalue weighted by Gasteiger charge is 2.35. The topological polar surface area (TPSA) is 139 Å². The van der Waals surface area contributed by atoms with Crippen LogP contribution in [0.25, 0.3) is 0 Å². The molecular formula is C32H36Cl2N4O7S. The van der Waals surface area contributed by atoms with Crippen LogP contribution in [0, 0.1) is 17.0 Å². The van der Waals surface area contributed by atoms with Gasteiger partial charge in [0.05, 0.1) is 32.7 Å². The first-order chi connectivity index (χ1) is 21.8. The Balaban J connectivity index is 1.77. The van der Waals surface area contributed by atoms with E-state index in [4.69, 9.17) is 27.9 Å². The van der Waals surface area contributed by atoms with E-state index in [0.717, 1.165) is 36.1 Å². The highest BCUT2D eigenvalue weighted by atomic mass is 35.5. The maximum atomic E-state index is 14.3. The number of nitro groups is 1. The van der Waals surface area contributed by atoms with Crippen molar-refractivity contribution in [2.45, 2.75) is 69.5 Å². The number of benzene rings is 3. The molecule has 0 aliphatic heterocycles. The standard InChI is InChI=1S/C32H36Cl2N4O7S/c1-4-29(32(40)35-23-7-5-6-8-23)36(19-22-10-16-27(33)28(34)17-22)31(39)20-37(24-11-13-25(45-3)14-12-24)46(43,44)26-15-9-21(2)30(18-26)38(41)42/h9-18,23,29H,4-8,19-20H2,1-3H3,(H,35,40)/t29-/m0/s1. The van der Waals surface area contributed by atoms with Crippen LogP contribution < -0.4 is 14.4 Å². The molecule has 4 rings (SSSR count). The van der Waals surface area contributed by atoms with Crippen molar-refractivity contribution in [3.63, 3.8) is 0 Å². The van der Waals surface area contributed by atoms with E-state index >= 15 is 0 Å². The summed E-state index contributed by atoms with van der Waals surface area (Å²) in [5, 5.41) is 15.3. The van der Waals surface area contributed by atoms with Crippen LogP contribution in [-0.2, 0) is 26.2 Å². The molecule has 14 heteroatoms. The van der Waals surface area contributed by atoms with Gasteiger partial charge in [-0.25, -0.2) is 8.42 Å². The number of amides is 2. The van der Waals surface area contributed by atoms with Gasteiger partial charge in [-0.3, -0.25) is 24.0 Å². The molecule has 2 amide bonds. The number of sulfonamides is 1. The predicted molar refractivity (Wildman–Crippen MR) is 177 cm³/mol. The number of aryl methyl sites for hydroxylation is 1. The average molecular weight is 692 g/mol. The molecule has 0 heterocycles. The van der Waals surface area contributed by atoms with Crippen LogP contribution in [0.15, 0.2) is 65.6 Å². The lowest BCUT2D eigenvalue weighted by Gasteiger charge is -2.34. The highest BCUT2D eigenvalue weighted by Crippen LogP contribution is 2.30. The molecule has 0 unspecified atom stereocenters. The highest BCUT2D eigenvalue weighted by molar-refractivity contribution is 7.92. The number of methoxy groups -OCH3 is 1. The fourth-order valence-electron chi connectivity index (χ4n) is 5.47. The van der Waals surface area contributed by atoms with Crippen molar-refractivity contribution in [1.29, 1.82) is 0 Å². The van der Waals surface area contributed by atoms with E-state index in [1.165, 1.54) is 55.3 Å². The lowest BCUT2D eigenvalue weighted by molar-refractivity contribution is -0.385. The van der Waals surface area contributed by atoms with Gasteiger partial charge < -0.3 is 15.0 Å². The van der Waals surface area contributed by atoms with Crippen LogP contribution in [0.2, 0.25) is 10.0 Å². The van der Waals surface area contributed by atoms with E-state index in [-0.39, 0.29) is 51.8 Å². The number of rotatable bonds is 13. The number of hydrogen-bond acceptors (Lipinski definition) is 7. The number of nitrogens with one attached hydrogen (secondary N) is 1. The molecule has 1 N–H and O–H groups in total. The Morgan fingerprint density at radius 2 is 1.72 bits per heavy atom. The summed E-state index contributed by atoms with van der Waals surface area (Å²) >= 11 is 12.4. The van der Waals surface area contributed by atoms with Crippen molar-refractivity contribution in [1.82, 2.24) is 10.2 Å². The molecule has 0 bridgehead atoms. The molecule has 46 heavy (non-hydrogen) atoms. The van der Waals surface area contributed by atoms with Gasteiger partial charge in [0.15, 0.2) is 0 Å². The number of anilines is 1. The monoisotopic (exact) mass is 690 g/mol. The molecule has 1 saturated carbocycles. The lowest BCUT2D eigenvalue weighted by Crippen LogP contribution is -2.53. The number of carbonyl (C=O) groups is 2. The molecule has 1 aliphatic carbocycles. The van der Waals surface area contributed by atoms with Crippen LogP contribution in [0.5, 0.6) is 5.75 Å². The molecule has 1 fully saturated rings. The van der Waals surface area contributed by atoms with E-state index in [1.54, 1.807) is 25.1 Å². The van der Waals surface area contributed by atoms with Gasteiger partial charge in [-0.05, 0) is 74.2 Å². The summed E-state index contributed by atoms with van der Waals surface area (Å²) in [5.74, 6) is -0.550. The summed E-state index contributed by atoms with van der Waals surface area (Å²) in [6.45, 7) is 2.52. The van der Waals surface area contributed by atoms with Crippen LogP contribution >= 0.6 is 23.2 Å². The maximum absolute atomic E-state index is 14.3. The average Bonchev–Trinajstić information content (AvgIpc) is 3.54. The largest absolute Gasteiger partial charge is 0.497 e. The van der Waals surface area contributed by atoms with E-state index < -0.39 is 33.4 Å². The zero-order chi connectivity index (χ0) is 33.6. The molecule has 246 valence electrons. The molecule has 0 spiro atoms. The molecule has 3 aromatic rings. The zero-order valence-electron chi connectivity index (χ0n) is 25.7. The van der Waals surface area contributed by atoms with Crippen LogP contribution in [0.4, 0.5) is 11.4 Å². The van der Waals surface area contributed by atoms with E-state index in [2.05, 4.69) is 5.32 Å². The third-order valence-electron chi connectivity index (χ3n) is 8.03. The van der Waals surface area contributed by atoms with Gasteiger partial charge in [0, 0.05) is 24.2 Å². The third-order valence-corrected chi connectivity index (χ3v) is 10.5. The Bertz CT molecular complexity index is 1700. The minimum Gasteiger partial charge on any atom is -0.497 e. The zero-order valence-corrected chi connectivity index (χ0v) is 28.1. The second-order valence-electron chi connectivity index (χ2n) is 11.1. The van der Waals surface area contributed by atoms with Crippen molar-refractivity contribution in [2.24, 2.45) is 0 Å². The molecule has 1 atom stereocenters. The Morgan fingerprint density at radius 3 is 2.30 bits per heavy atom. The third kappa shape index (κ3) is 8.09. The normalized spacial score (nSPS) is 14.0. The van der Waals surface area contributed by atoms with Crippen molar-refractivity contribution < 1.29 is 27.7 Å². The predicted octanol–water partition coefficient (Wildman–Crippen LogP) is 6.28. The minimum absolute atomic E-state index is 0.00279. The summed E-state index contributed by atoms with van der Waals surface area (Å²) in [5.41, 5.74) is 0.610. The molecule has 0 radical (unpaired) electrons. The second-order valence-corrected chi connectivity index (χ2v) is 13.8. The molecule has 0 aromatic heterocycles. The second kappa shape index (κ2) is 15.1. The Morgan fingerprint density at radius 1 is 1.04 bits per heavy atom. The smallest absolute Gasteiger partial charge is 0.273 e. The number of nitro benzene ring substituents is 1. The van der Waals surface area contributed by atoms with Crippen molar-refractivity contribution in [3.05, 3.63) is 92.0 Å². The van der Waals surface area contributed by atoms with Crippen molar-refractivity contribution in [2.75, 3.05) is 18.0 Å². The van der Waals surface area contributed by atoms with Gasteiger partial charge in [-0.2, -0.15) is 0 Å². The fraction of sp³-hybridized carbons (Fsp3) is 0.375. The van der Waals surface area contributed by atoms with Gasteiger partial charge in [-0.1, -0.05) is 55.1 Å². The van der Waals surface area contributed by atoms with E-state index in [0.29, 0.717) is 16.3 Å². The number of hydrogen-bond donors (Lipinski definition) is 1. The van der Waals surface area contributed by atoms with E-state index in [1.807, 2.05) is 0 Å². The Hall–Kier alpha value is -3.87. The number of carbonyl (C=O) groups excluding carboxylic acids is 2. The van der Waals surface area contributed by atoms with Crippen LogP contribution in [0.3, 0.4) is 0 Å². The molecule has 1 aliphatic rings. The fourth-order valence-corrected chi connectivity index (χ4v) is 7.23. The molecule has 3 aromatic carbocycles. The number of halogens is 2. The van der Waals surface area contributed by atoms with Crippen molar-refractivity contribution >= 4 is 56.4 Å². The van der Waals surface area contributed by atoms with E-state index in [9.17, 15) is 28.1 Å².